The molecule has 0 saturated heterocycles. The third-order valence-electron chi connectivity index (χ3n) is 3.31. The van der Waals surface area contributed by atoms with Crippen molar-refractivity contribution in [1.29, 1.82) is 0 Å². The maximum Gasteiger partial charge on any atom is 0.265 e. The molecule has 1 aliphatic rings. The third kappa shape index (κ3) is 2.34. The van der Waals surface area contributed by atoms with Crippen LogP contribution >= 0.6 is 15.9 Å². The Labute approximate surface area is 118 Å². The fourth-order valence-electron chi connectivity index (χ4n) is 2.08. The Morgan fingerprint density at radius 2 is 2.16 bits per heavy atom. The Bertz CT molecular complexity index is 707. The minimum Gasteiger partial charge on any atom is -0.306 e. The predicted molar refractivity (Wildman–Crippen MR) is 74.7 cm³/mol. The lowest BCUT2D eigenvalue weighted by molar-refractivity contribution is 0.627. The Kier molecular flexibility index (Phi) is 3.01. The van der Waals surface area contributed by atoms with Crippen molar-refractivity contribution in [3.63, 3.8) is 0 Å². The molecule has 5 heteroatoms. The van der Waals surface area contributed by atoms with Gasteiger partial charge in [0.1, 0.15) is 16.1 Å². The van der Waals surface area contributed by atoms with E-state index in [9.17, 15) is 9.18 Å². The summed E-state index contributed by atoms with van der Waals surface area (Å²) >= 11 is 3.28. The molecule has 3 nitrogen and oxygen atoms in total. The third-order valence-corrected chi connectivity index (χ3v) is 4.07. The maximum atomic E-state index is 13.4. The SMILES string of the molecule is Cc1ccc(F)cc1-c1nc(C2CC2)c(Br)c(=O)[nH]1. The molecule has 3 rings (SSSR count). The summed E-state index contributed by atoms with van der Waals surface area (Å²) in [5.74, 6) is 0.454. The molecule has 98 valence electrons. The molecule has 1 aromatic heterocycles. The first-order valence-corrected chi connectivity index (χ1v) is 6.92. The van der Waals surface area contributed by atoms with E-state index < -0.39 is 0 Å². The molecule has 0 radical (unpaired) electrons. The van der Waals surface area contributed by atoms with Gasteiger partial charge in [-0.3, -0.25) is 4.79 Å². The molecule has 1 saturated carbocycles. The van der Waals surface area contributed by atoms with E-state index in [-0.39, 0.29) is 11.4 Å². The van der Waals surface area contributed by atoms with Crippen LogP contribution in [0, 0.1) is 12.7 Å². The van der Waals surface area contributed by atoms with Crippen LogP contribution in [-0.2, 0) is 0 Å². The van der Waals surface area contributed by atoms with E-state index in [1.807, 2.05) is 6.92 Å². The first-order chi connectivity index (χ1) is 9.06. The minimum absolute atomic E-state index is 0.212. The van der Waals surface area contributed by atoms with E-state index in [4.69, 9.17) is 0 Å². The number of halogens is 2. The highest BCUT2D eigenvalue weighted by molar-refractivity contribution is 9.10. The molecule has 0 bridgehead atoms. The molecule has 0 atom stereocenters. The van der Waals surface area contributed by atoms with Gasteiger partial charge in [-0.25, -0.2) is 9.37 Å². The van der Waals surface area contributed by atoms with Crippen LogP contribution in [0.4, 0.5) is 4.39 Å². The molecule has 1 aliphatic carbocycles. The summed E-state index contributed by atoms with van der Waals surface area (Å²) < 4.78 is 13.8. The van der Waals surface area contributed by atoms with Crippen LogP contribution in [-0.4, -0.2) is 9.97 Å². The number of aromatic nitrogens is 2. The van der Waals surface area contributed by atoms with Crippen LogP contribution in [0.25, 0.3) is 11.4 Å². The zero-order valence-electron chi connectivity index (χ0n) is 10.3. The molecule has 2 aromatic rings. The van der Waals surface area contributed by atoms with Crippen molar-refractivity contribution in [2.45, 2.75) is 25.7 Å². The van der Waals surface area contributed by atoms with Crippen molar-refractivity contribution in [3.05, 3.63) is 50.1 Å². The highest BCUT2D eigenvalue weighted by Crippen LogP contribution is 2.41. The second-order valence-electron chi connectivity index (χ2n) is 4.85. The molecule has 0 aliphatic heterocycles. The topological polar surface area (TPSA) is 45.8 Å². The predicted octanol–water partition coefficient (Wildman–Crippen LogP) is 3.52. The van der Waals surface area contributed by atoms with Gasteiger partial charge >= 0.3 is 0 Å². The summed E-state index contributed by atoms with van der Waals surface area (Å²) in [6.45, 7) is 1.87. The van der Waals surface area contributed by atoms with Crippen molar-refractivity contribution in [2.75, 3.05) is 0 Å². The Balaban J connectivity index is 2.20. The number of hydrogen-bond donors (Lipinski definition) is 1. The Morgan fingerprint density at radius 1 is 1.42 bits per heavy atom. The first-order valence-electron chi connectivity index (χ1n) is 6.12. The molecule has 1 heterocycles. The van der Waals surface area contributed by atoms with E-state index in [0.29, 0.717) is 21.8 Å². The molecular weight excluding hydrogens is 311 g/mol. The number of benzene rings is 1. The maximum absolute atomic E-state index is 13.4. The van der Waals surface area contributed by atoms with E-state index in [1.165, 1.54) is 12.1 Å². The molecule has 1 N–H and O–H groups in total. The van der Waals surface area contributed by atoms with Crippen molar-refractivity contribution in [2.24, 2.45) is 0 Å². The number of nitrogens with zero attached hydrogens (tertiary/aromatic N) is 1. The van der Waals surface area contributed by atoms with Crippen LogP contribution in [0.3, 0.4) is 0 Å². The lowest BCUT2D eigenvalue weighted by atomic mass is 10.1. The second kappa shape index (κ2) is 4.56. The number of H-pyrrole nitrogens is 1. The second-order valence-corrected chi connectivity index (χ2v) is 5.64. The van der Waals surface area contributed by atoms with Gasteiger partial charge in [-0.15, -0.1) is 0 Å². The van der Waals surface area contributed by atoms with Gasteiger partial charge in [0.15, 0.2) is 0 Å². The summed E-state index contributed by atoms with van der Waals surface area (Å²) in [4.78, 5) is 19.1. The van der Waals surface area contributed by atoms with Gasteiger partial charge in [0.25, 0.3) is 5.56 Å². The summed E-state index contributed by atoms with van der Waals surface area (Å²) in [6, 6.07) is 4.49. The normalized spacial score (nSPS) is 14.7. The van der Waals surface area contributed by atoms with Gasteiger partial charge in [-0.1, -0.05) is 6.07 Å². The van der Waals surface area contributed by atoms with E-state index in [0.717, 1.165) is 24.1 Å². The van der Waals surface area contributed by atoms with E-state index in [2.05, 4.69) is 25.9 Å². The zero-order valence-corrected chi connectivity index (χ0v) is 11.9. The number of aryl methyl sites for hydroxylation is 1. The van der Waals surface area contributed by atoms with E-state index in [1.54, 1.807) is 6.07 Å². The Hall–Kier alpha value is -1.49. The number of nitrogens with one attached hydrogen (secondary N) is 1. The average molecular weight is 323 g/mol. The van der Waals surface area contributed by atoms with Crippen LogP contribution in [0.1, 0.15) is 30.0 Å². The van der Waals surface area contributed by atoms with Gasteiger partial charge in [-0.05, 0) is 53.4 Å². The number of aromatic amines is 1. The van der Waals surface area contributed by atoms with Crippen molar-refractivity contribution in [1.82, 2.24) is 9.97 Å². The quantitative estimate of drug-likeness (QED) is 0.919. The van der Waals surface area contributed by atoms with Crippen LogP contribution in [0.15, 0.2) is 27.5 Å². The monoisotopic (exact) mass is 322 g/mol. The molecule has 0 amide bonds. The van der Waals surface area contributed by atoms with Crippen LogP contribution < -0.4 is 5.56 Å². The minimum atomic E-state index is -0.334. The molecule has 1 fully saturated rings. The Morgan fingerprint density at radius 3 is 2.84 bits per heavy atom. The van der Waals surface area contributed by atoms with Gasteiger partial charge in [0, 0.05) is 11.5 Å². The first kappa shape index (κ1) is 12.5. The molecular formula is C14H12BrFN2O. The van der Waals surface area contributed by atoms with Crippen LogP contribution in [0.2, 0.25) is 0 Å². The summed E-state index contributed by atoms with van der Waals surface area (Å²) in [7, 11) is 0. The average Bonchev–Trinajstić information content (AvgIpc) is 3.20. The van der Waals surface area contributed by atoms with Gasteiger partial charge in [0.2, 0.25) is 0 Å². The standard InChI is InChI=1S/C14H12BrFN2O/c1-7-2-5-9(16)6-10(7)13-17-12(8-3-4-8)11(15)14(19)18-13/h2,5-6,8H,3-4H2,1H3,(H,17,18,19). The van der Waals surface area contributed by atoms with Gasteiger partial charge in [-0.2, -0.15) is 0 Å². The van der Waals surface area contributed by atoms with E-state index >= 15 is 0 Å². The van der Waals surface area contributed by atoms with Crippen LogP contribution in [0.5, 0.6) is 0 Å². The smallest absolute Gasteiger partial charge is 0.265 e. The zero-order chi connectivity index (χ0) is 13.6. The highest BCUT2D eigenvalue weighted by atomic mass is 79.9. The highest BCUT2D eigenvalue weighted by Gasteiger charge is 2.29. The van der Waals surface area contributed by atoms with Crippen molar-refractivity contribution >= 4 is 15.9 Å². The molecule has 0 unspecified atom stereocenters. The molecule has 19 heavy (non-hydrogen) atoms. The lowest BCUT2D eigenvalue weighted by Gasteiger charge is -2.08. The fraction of sp³-hybridized carbons (Fsp3) is 0.286. The number of hydrogen-bond acceptors (Lipinski definition) is 2. The summed E-state index contributed by atoms with van der Waals surface area (Å²) in [5, 5.41) is 0. The number of rotatable bonds is 2. The molecule has 0 spiro atoms. The molecule has 1 aromatic carbocycles. The summed E-state index contributed by atoms with van der Waals surface area (Å²) in [6.07, 6.45) is 2.10. The fourth-order valence-corrected chi connectivity index (χ4v) is 2.59. The van der Waals surface area contributed by atoms with Crippen molar-refractivity contribution < 1.29 is 4.39 Å². The summed E-state index contributed by atoms with van der Waals surface area (Å²) in [5.41, 5.74) is 2.08. The van der Waals surface area contributed by atoms with Crippen molar-refractivity contribution in [3.8, 4) is 11.4 Å². The lowest BCUT2D eigenvalue weighted by Crippen LogP contribution is -2.13. The van der Waals surface area contributed by atoms with Gasteiger partial charge in [0.05, 0.1) is 5.69 Å². The largest absolute Gasteiger partial charge is 0.306 e. The van der Waals surface area contributed by atoms with Gasteiger partial charge < -0.3 is 4.98 Å².